The van der Waals surface area contributed by atoms with Gasteiger partial charge in [0, 0.05) is 25.0 Å². The zero-order valence-corrected chi connectivity index (χ0v) is 10.3. The van der Waals surface area contributed by atoms with Crippen LogP contribution < -0.4 is 5.32 Å². The average molecular weight is 261 g/mol. The van der Waals surface area contributed by atoms with Crippen molar-refractivity contribution in [3.05, 3.63) is 63.7 Å². The number of nitrogens with zero attached hydrogens (tertiary/aromatic N) is 2. The van der Waals surface area contributed by atoms with Gasteiger partial charge >= 0.3 is 0 Å². The maximum atomic E-state index is 13.6. The van der Waals surface area contributed by atoms with Crippen molar-refractivity contribution in [1.29, 1.82) is 0 Å². The number of anilines is 1. The van der Waals surface area contributed by atoms with Gasteiger partial charge in [-0.3, -0.25) is 15.1 Å². The minimum Gasteiger partial charge on any atom is -0.379 e. The van der Waals surface area contributed by atoms with E-state index in [4.69, 9.17) is 0 Å². The Labute approximate surface area is 109 Å². The molecule has 0 amide bonds. The van der Waals surface area contributed by atoms with Gasteiger partial charge in [0.05, 0.1) is 16.7 Å². The van der Waals surface area contributed by atoms with Gasteiger partial charge < -0.3 is 5.32 Å². The summed E-state index contributed by atoms with van der Waals surface area (Å²) >= 11 is 0. The summed E-state index contributed by atoms with van der Waals surface area (Å²) in [5.41, 5.74) is 1.96. The zero-order valence-electron chi connectivity index (χ0n) is 10.3. The van der Waals surface area contributed by atoms with Gasteiger partial charge in [-0.1, -0.05) is 0 Å². The molecule has 0 saturated carbocycles. The molecule has 0 aliphatic carbocycles. The number of pyridine rings is 1. The molecule has 6 heteroatoms. The molecule has 0 bridgehead atoms. The highest BCUT2D eigenvalue weighted by Crippen LogP contribution is 2.21. The molecule has 1 N–H and O–H groups in total. The fourth-order valence-electron chi connectivity index (χ4n) is 1.63. The molecule has 98 valence electrons. The van der Waals surface area contributed by atoms with E-state index in [0.29, 0.717) is 6.54 Å². The Kier molecular flexibility index (Phi) is 3.70. The summed E-state index contributed by atoms with van der Waals surface area (Å²) in [6, 6.07) is 5.39. The van der Waals surface area contributed by atoms with Crippen LogP contribution in [-0.2, 0) is 6.54 Å². The number of hydrogen-bond acceptors (Lipinski definition) is 4. The van der Waals surface area contributed by atoms with Crippen molar-refractivity contribution in [3.63, 3.8) is 0 Å². The Morgan fingerprint density at radius 1 is 1.42 bits per heavy atom. The van der Waals surface area contributed by atoms with Crippen molar-refractivity contribution < 1.29 is 9.31 Å². The smallest absolute Gasteiger partial charge is 0.272 e. The van der Waals surface area contributed by atoms with Crippen LogP contribution in [0.1, 0.15) is 11.1 Å². The van der Waals surface area contributed by atoms with Gasteiger partial charge in [0.15, 0.2) is 5.82 Å². The largest absolute Gasteiger partial charge is 0.379 e. The number of benzene rings is 1. The SMILES string of the molecule is Cc1ccncc1CNc1ccc([N+](=O)[O-])cc1F. The van der Waals surface area contributed by atoms with Crippen molar-refractivity contribution in [2.75, 3.05) is 5.32 Å². The first-order chi connectivity index (χ1) is 9.08. The Morgan fingerprint density at radius 2 is 2.21 bits per heavy atom. The van der Waals surface area contributed by atoms with E-state index in [1.807, 2.05) is 13.0 Å². The third-order valence-electron chi connectivity index (χ3n) is 2.78. The Bertz CT molecular complexity index is 617. The van der Waals surface area contributed by atoms with E-state index in [-0.39, 0.29) is 11.4 Å². The van der Waals surface area contributed by atoms with Crippen LogP contribution in [0.4, 0.5) is 15.8 Å². The number of rotatable bonds is 4. The summed E-state index contributed by atoms with van der Waals surface area (Å²) in [5, 5.41) is 13.4. The van der Waals surface area contributed by atoms with Crippen LogP contribution in [0.25, 0.3) is 0 Å². The molecule has 0 fully saturated rings. The highest BCUT2D eigenvalue weighted by molar-refractivity contribution is 5.50. The standard InChI is InChI=1S/C13H12FN3O2/c1-9-4-5-15-7-10(9)8-16-13-3-2-11(17(18)19)6-12(13)14/h2-7,16H,8H2,1H3. The van der Waals surface area contributed by atoms with Gasteiger partial charge in [-0.25, -0.2) is 4.39 Å². The molecule has 0 saturated heterocycles. The van der Waals surface area contributed by atoms with Crippen molar-refractivity contribution in [1.82, 2.24) is 4.98 Å². The van der Waals surface area contributed by atoms with Gasteiger partial charge in [-0.15, -0.1) is 0 Å². The average Bonchev–Trinajstić information content (AvgIpc) is 2.39. The van der Waals surface area contributed by atoms with Gasteiger partial charge in [-0.2, -0.15) is 0 Å². The first-order valence-electron chi connectivity index (χ1n) is 5.65. The second-order valence-corrected chi connectivity index (χ2v) is 4.08. The molecule has 19 heavy (non-hydrogen) atoms. The number of nitro groups is 1. The van der Waals surface area contributed by atoms with Gasteiger partial charge in [0.25, 0.3) is 5.69 Å². The lowest BCUT2D eigenvalue weighted by molar-refractivity contribution is -0.385. The van der Waals surface area contributed by atoms with E-state index in [1.165, 1.54) is 12.1 Å². The number of nitrogens with one attached hydrogen (secondary N) is 1. The van der Waals surface area contributed by atoms with Gasteiger partial charge in [-0.05, 0) is 30.2 Å². The fraction of sp³-hybridized carbons (Fsp3) is 0.154. The number of hydrogen-bond donors (Lipinski definition) is 1. The van der Waals surface area contributed by atoms with Gasteiger partial charge in [0.1, 0.15) is 0 Å². The lowest BCUT2D eigenvalue weighted by Gasteiger charge is -2.09. The summed E-state index contributed by atoms with van der Waals surface area (Å²) in [5.74, 6) is -0.643. The van der Waals surface area contributed by atoms with E-state index < -0.39 is 10.7 Å². The van der Waals surface area contributed by atoms with Crippen molar-refractivity contribution >= 4 is 11.4 Å². The summed E-state index contributed by atoms with van der Waals surface area (Å²) in [6.45, 7) is 2.35. The highest BCUT2D eigenvalue weighted by Gasteiger charge is 2.10. The molecular weight excluding hydrogens is 249 g/mol. The number of halogens is 1. The quantitative estimate of drug-likeness (QED) is 0.678. The molecule has 0 atom stereocenters. The van der Waals surface area contributed by atoms with Crippen LogP contribution in [0, 0.1) is 22.9 Å². The van der Waals surface area contributed by atoms with E-state index in [1.54, 1.807) is 12.4 Å². The summed E-state index contributed by atoms with van der Waals surface area (Å²) in [4.78, 5) is 13.9. The van der Waals surface area contributed by atoms with E-state index in [2.05, 4.69) is 10.3 Å². The van der Waals surface area contributed by atoms with Gasteiger partial charge in [0.2, 0.25) is 0 Å². The normalized spacial score (nSPS) is 10.2. The predicted molar refractivity (Wildman–Crippen MR) is 69.4 cm³/mol. The first-order valence-corrected chi connectivity index (χ1v) is 5.65. The number of aryl methyl sites for hydroxylation is 1. The van der Waals surface area contributed by atoms with E-state index in [0.717, 1.165) is 17.2 Å². The van der Waals surface area contributed by atoms with Crippen LogP contribution in [0.3, 0.4) is 0 Å². The molecule has 0 radical (unpaired) electrons. The Hall–Kier alpha value is -2.50. The van der Waals surface area contributed by atoms with Crippen molar-refractivity contribution in [2.24, 2.45) is 0 Å². The molecule has 0 spiro atoms. The molecule has 0 aliphatic rings. The van der Waals surface area contributed by atoms with E-state index in [9.17, 15) is 14.5 Å². The molecular formula is C13H12FN3O2. The highest BCUT2D eigenvalue weighted by atomic mass is 19.1. The second kappa shape index (κ2) is 5.43. The maximum Gasteiger partial charge on any atom is 0.272 e. The molecule has 0 aliphatic heterocycles. The minimum absolute atomic E-state index is 0.230. The third kappa shape index (κ3) is 3.04. The molecule has 0 unspecified atom stereocenters. The monoisotopic (exact) mass is 261 g/mol. The van der Waals surface area contributed by atoms with E-state index >= 15 is 0 Å². The lowest BCUT2D eigenvalue weighted by Crippen LogP contribution is -2.03. The Morgan fingerprint density at radius 3 is 2.84 bits per heavy atom. The number of non-ortho nitro benzene ring substituents is 1. The molecule has 1 aromatic carbocycles. The summed E-state index contributed by atoms with van der Waals surface area (Å²) in [7, 11) is 0. The molecule has 1 heterocycles. The van der Waals surface area contributed by atoms with Crippen LogP contribution in [0.5, 0.6) is 0 Å². The molecule has 5 nitrogen and oxygen atoms in total. The summed E-state index contributed by atoms with van der Waals surface area (Å²) < 4.78 is 13.6. The Balaban J connectivity index is 2.12. The lowest BCUT2D eigenvalue weighted by atomic mass is 10.1. The summed E-state index contributed by atoms with van der Waals surface area (Å²) in [6.07, 6.45) is 3.39. The topological polar surface area (TPSA) is 68.1 Å². The van der Waals surface area contributed by atoms with Crippen LogP contribution in [0.15, 0.2) is 36.7 Å². The van der Waals surface area contributed by atoms with Crippen LogP contribution in [0.2, 0.25) is 0 Å². The minimum atomic E-state index is -0.643. The zero-order chi connectivity index (χ0) is 13.8. The fourth-order valence-corrected chi connectivity index (χ4v) is 1.63. The molecule has 2 rings (SSSR count). The molecule has 1 aromatic heterocycles. The maximum absolute atomic E-state index is 13.6. The first kappa shape index (κ1) is 12.9. The van der Waals surface area contributed by atoms with Crippen LogP contribution in [-0.4, -0.2) is 9.91 Å². The number of nitro benzene ring substituents is 1. The number of aromatic nitrogens is 1. The van der Waals surface area contributed by atoms with Crippen LogP contribution >= 0.6 is 0 Å². The molecule has 2 aromatic rings. The third-order valence-corrected chi connectivity index (χ3v) is 2.78. The predicted octanol–water partition coefficient (Wildman–Crippen LogP) is 3.05. The van der Waals surface area contributed by atoms with Crippen molar-refractivity contribution in [3.8, 4) is 0 Å². The second-order valence-electron chi connectivity index (χ2n) is 4.08. The van der Waals surface area contributed by atoms with Crippen molar-refractivity contribution in [2.45, 2.75) is 13.5 Å².